The molecular weight excluding hydrogens is 304 g/mol. The molecule has 22 heavy (non-hydrogen) atoms. The Morgan fingerprint density at radius 1 is 1.09 bits per heavy atom. The zero-order valence-corrected chi connectivity index (χ0v) is 12.5. The molecule has 0 saturated carbocycles. The van der Waals surface area contributed by atoms with Crippen molar-refractivity contribution in [2.75, 3.05) is 10.6 Å². The van der Waals surface area contributed by atoms with Crippen LogP contribution in [0, 0.1) is 0 Å². The van der Waals surface area contributed by atoms with Crippen molar-refractivity contribution in [3.05, 3.63) is 47.3 Å². The molecule has 0 aliphatic rings. The fraction of sp³-hybridized carbons (Fsp3) is 0.133. The Morgan fingerprint density at radius 2 is 1.77 bits per heavy atom. The second kappa shape index (κ2) is 6.86. The predicted molar refractivity (Wildman–Crippen MR) is 84.5 cm³/mol. The number of nitrogens with one attached hydrogen (secondary N) is 2. The van der Waals surface area contributed by atoms with Crippen LogP contribution in [0.25, 0.3) is 0 Å². The van der Waals surface area contributed by atoms with Crippen molar-refractivity contribution in [3.8, 4) is 0 Å². The Labute approximate surface area is 130 Å². The van der Waals surface area contributed by atoms with E-state index in [-0.39, 0.29) is 0 Å². The van der Waals surface area contributed by atoms with Crippen LogP contribution in [-0.4, -0.2) is 22.9 Å². The fourth-order valence-electron chi connectivity index (χ4n) is 1.93. The van der Waals surface area contributed by atoms with Gasteiger partial charge in [0, 0.05) is 5.69 Å². The molecule has 0 aliphatic carbocycles. The average molecular weight is 318 g/mol. The monoisotopic (exact) mass is 318 g/mol. The van der Waals surface area contributed by atoms with E-state index in [1.807, 2.05) is 11.4 Å². The Morgan fingerprint density at radius 3 is 2.27 bits per heavy atom. The Bertz CT molecular complexity index is 666. The highest BCUT2D eigenvalue weighted by atomic mass is 32.1. The largest absolute Gasteiger partial charge is 0.480 e. The van der Waals surface area contributed by atoms with Crippen LogP contribution in [0.3, 0.4) is 0 Å². The van der Waals surface area contributed by atoms with Gasteiger partial charge in [-0.05, 0) is 42.1 Å². The van der Waals surface area contributed by atoms with Crippen molar-refractivity contribution in [3.63, 3.8) is 0 Å². The minimum atomic E-state index is -1.19. The van der Waals surface area contributed by atoms with E-state index in [2.05, 4.69) is 10.6 Å². The number of benzene rings is 1. The van der Waals surface area contributed by atoms with Gasteiger partial charge in [-0.3, -0.25) is 14.9 Å². The molecule has 1 aromatic carbocycles. The summed E-state index contributed by atoms with van der Waals surface area (Å²) in [6.07, 6.45) is 0. The number of Topliss-reactive ketones (excluding diaryl/α,β-unsaturated/α-hetero) is 1. The van der Waals surface area contributed by atoms with E-state index in [1.165, 1.54) is 30.4 Å². The van der Waals surface area contributed by atoms with Gasteiger partial charge in [0.15, 0.2) is 0 Å². The average Bonchev–Trinajstić information content (AvgIpc) is 2.92. The predicted octanol–water partition coefficient (Wildman–Crippen LogP) is 3.15. The molecule has 1 unspecified atom stereocenters. The number of aliphatic carboxylic acids is 1. The third kappa shape index (κ3) is 3.92. The molecule has 114 valence electrons. The number of carbonyl (C=O) groups is 3. The zero-order valence-electron chi connectivity index (χ0n) is 11.7. The van der Waals surface area contributed by atoms with Crippen LogP contribution in [0.2, 0.25) is 0 Å². The summed E-state index contributed by atoms with van der Waals surface area (Å²) in [6, 6.07) is 9.35. The van der Waals surface area contributed by atoms with Crippen molar-refractivity contribution in [2.45, 2.75) is 12.8 Å². The first kappa shape index (κ1) is 15.7. The van der Waals surface area contributed by atoms with Gasteiger partial charge in [-0.25, -0.2) is 4.79 Å². The normalized spacial score (nSPS) is 11.5. The Kier molecular flexibility index (Phi) is 4.90. The van der Waals surface area contributed by atoms with Gasteiger partial charge >= 0.3 is 12.0 Å². The van der Waals surface area contributed by atoms with Gasteiger partial charge in [-0.1, -0.05) is 12.1 Å². The van der Waals surface area contributed by atoms with E-state index in [4.69, 9.17) is 5.11 Å². The number of carbonyl (C=O) groups excluding carboxylic acids is 2. The summed E-state index contributed by atoms with van der Waals surface area (Å²) in [7, 11) is 0. The van der Waals surface area contributed by atoms with Crippen LogP contribution in [0.1, 0.15) is 18.4 Å². The van der Waals surface area contributed by atoms with Crippen molar-refractivity contribution in [2.24, 2.45) is 0 Å². The third-order valence-electron chi connectivity index (χ3n) is 2.91. The highest BCUT2D eigenvalue weighted by Gasteiger charge is 2.24. The summed E-state index contributed by atoms with van der Waals surface area (Å²) >= 11 is 1.40. The van der Waals surface area contributed by atoms with Gasteiger partial charge in [0.2, 0.25) is 0 Å². The maximum absolute atomic E-state index is 11.8. The van der Waals surface area contributed by atoms with E-state index in [0.29, 0.717) is 11.3 Å². The molecule has 0 fully saturated rings. The highest BCUT2D eigenvalue weighted by Crippen LogP contribution is 2.20. The topological polar surface area (TPSA) is 95.5 Å². The number of hydrogen-bond acceptors (Lipinski definition) is 4. The van der Waals surface area contributed by atoms with Gasteiger partial charge in [0.05, 0.1) is 5.00 Å². The fourth-order valence-corrected chi connectivity index (χ4v) is 2.55. The number of carboxylic acids is 1. The van der Waals surface area contributed by atoms with E-state index in [9.17, 15) is 14.4 Å². The van der Waals surface area contributed by atoms with Gasteiger partial charge < -0.3 is 10.4 Å². The van der Waals surface area contributed by atoms with Gasteiger partial charge in [-0.2, -0.15) is 0 Å². The quantitative estimate of drug-likeness (QED) is 0.738. The minimum absolute atomic E-state index is 0.379. The molecule has 0 saturated heterocycles. The lowest BCUT2D eigenvalue weighted by molar-refractivity contribution is -0.142. The molecule has 2 rings (SSSR count). The number of urea groups is 1. The Balaban J connectivity index is 2.04. The van der Waals surface area contributed by atoms with Crippen LogP contribution >= 0.6 is 11.3 Å². The molecule has 0 bridgehead atoms. The van der Waals surface area contributed by atoms with Crippen molar-refractivity contribution in [1.29, 1.82) is 0 Å². The van der Waals surface area contributed by atoms with Crippen molar-refractivity contribution >= 4 is 39.8 Å². The van der Waals surface area contributed by atoms with E-state index in [0.717, 1.165) is 5.00 Å². The maximum atomic E-state index is 11.8. The summed E-state index contributed by atoms with van der Waals surface area (Å²) in [5, 5.41) is 16.9. The van der Waals surface area contributed by atoms with Crippen molar-refractivity contribution < 1.29 is 19.5 Å². The minimum Gasteiger partial charge on any atom is -0.480 e. The smallest absolute Gasteiger partial charge is 0.324 e. The molecule has 0 radical (unpaired) electrons. The first-order valence-corrected chi connectivity index (χ1v) is 7.30. The van der Waals surface area contributed by atoms with E-state index >= 15 is 0 Å². The number of carboxylic acid groups (broad SMARTS) is 1. The van der Waals surface area contributed by atoms with Gasteiger partial charge in [0.25, 0.3) is 0 Å². The molecule has 7 heteroatoms. The van der Waals surface area contributed by atoms with Crippen LogP contribution in [0.5, 0.6) is 0 Å². The number of ketones is 1. The number of thiophene rings is 1. The molecule has 3 N–H and O–H groups in total. The standard InChI is InChI=1S/C15H14N2O4S/c1-9(18)13(14(19)20)10-4-6-11(7-5-10)16-15(21)17-12-3-2-8-22-12/h2-8,13H,1H3,(H,19,20)(H2,16,17,21). The summed E-state index contributed by atoms with van der Waals surface area (Å²) in [5.74, 6) is -2.82. The molecular formula is C15H14N2O4S. The lowest BCUT2D eigenvalue weighted by atomic mass is 9.95. The number of amides is 2. The second-order valence-electron chi connectivity index (χ2n) is 4.56. The van der Waals surface area contributed by atoms with Crippen molar-refractivity contribution in [1.82, 2.24) is 0 Å². The molecule has 2 aromatic rings. The summed E-state index contributed by atoms with van der Waals surface area (Å²) in [6.45, 7) is 1.24. The van der Waals surface area contributed by atoms with E-state index in [1.54, 1.807) is 18.2 Å². The molecule has 1 heterocycles. The molecule has 0 aliphatic heterocycles. The lowest BCUT2D eigenvalue weighted by Gasteiger charge is -2.11. The highest BCUT2D eigenvalue weighted by molar-refractivity contribution is 7.14. The maximum Gasteiger partial charge on any atom is 0.324 e. The zero-order chi connectivity index (χ0) is 16.1. The van der Waals surface area contributed by atoms with E-state index < -0.39 is 23.7 Å². The summed E-state index contributed by atoms with van der Waals surface area (Å²) in [4.78, 5) is 34.2. The second-order valence-corrected chi connectivity index (χ2v) is 5.51. The summed E-state index contributed by atoms with van der Waals surface area (Å²) in [5.41, 5.74) is 0.884. The number of hydrogen-bond donors (Lipinski definition) is 3. The molecule has 2 amide bonds. The molecule has 6 nitrogen and oxygen atoms in total. The van der Waals surface area contributed by atoms with Crippen LogP contribution < -0.4 is 10.6 Å². The first-order valence-electron chi connectivity index (χ1n) is 6.42. The Hall–Kier alpha value is -2.67. The number of anilines is 2. The molecule has 0 spiro atoms. The SMILES string of the molecule is CC(=O)C(C(=O)O)c1ccc(NC(=O)Nc2cccs2)cc1. The van der Waals surface area contributed by atoms with Gasteiger partial charge in [-0.15, -0.1) is 11.3 Å². The molecule has 1 aromatic heterocycles. The molecule has 1 atom stereocenters. The van der Waals surface area contributed by atoms with Crippen LogP contribution in [0.15, 0.2) is 41.8 Å². The van der Waals surface area contributed by atoms with Gasteiger partial charge in [0.1, 0.15) is 11.7 Å². The lowest BCUT2D eigenvalue weighted by Crippen LogP contribution is -2.20. The summed E-state index contributed by atoms with van der Waals surface area (Å²) < 4.78 is 0. The van der Waals surface area contributed by atoms with Crippen LogP contribution in [-0.2, 0) is 9.59 Å². The first-order chi connectivity index (χ1) is 10.5. The van der Waals surface area contributed by atoms with Crippen LogP contribution in [0.4, 0.5) is 15.5 Å². The third-order valence-corrected chi connectivity index (χ3v) is 3.70. The number of rotatable bonds is 5.